The van der Waals surface area contributed by atoms with Crippen LogP contribution in [0.25, 0.3) is 0 Å². The highest BCUT2D eigenvalue weighted by atomic mass is 79.9. The van der Waals surface area contributed by atoms with Gasteiger partial charge in [0.15, 0.2) is 0 Å². The van der Waals surface area contributed by atoms with Gasteiger partial charge < -0.3 is 16.2 Å². The van der Waals surface area contributed by atoms with Gasteiger partial charge in [-0.2, -0.15) is 0 Å². The molecule has 4 N–H and O–H groups in total. The summed E-state index contributed by atoms with van der Waals surface area (Å²) in [6, 6.07) is 5.03. The van der Waals surface area contributed by atoms with Crippen molar-refractivity contribution in [3.05, 3.63) is 28.2 Å². The molecule has 116 valence electrons. The van der Waals surface area contributed by atoms with Crippen molar-refractivity contribution in [2.75, 3.05) is 5.73 Å². The molecular weight excluding hydrogens is 336 g/mol. The van der Waals surface area contributed by atoms with Crippen molar-refractivity contribution in [1.82, 2.24) is 5.32 Å². The number of nitrogen functional groups attached to an aromatic ring is 1. The van der Waals surface area contributed by atoms with Gasteiger partial charge in [-0.05, 0) is 53.9 Å². The zero-order valence-electron chi connectivity index (χ0n) is 12.2. The molecule has 2 unspecified atom stereocenters. The van der Waals surface area contributed by atoms with Crippen LogP contribution in [0.3, 0.4) is 0 Å². The van der Waals surface area contributed by atoms with Crippen molar-refractivity contribution in [1.29, 1.82) is 0 Å². The zero-order valence-corrected chi connectivity index (χ0v) is 13.8. The lowest BCUT2D eigenvalue weighted by Crippen LogP contribution is -2.32. The number of hydrogen-bond acceptors (Lipinski definition) is 3. The zero-order chi connectivity index (χ0) is 16.0. The summed E-state index contributed by atoms with van der Waals surface area (Å²) in [5, 5.41) is 11.7. The first-order valence-corrected chi connectivity index (χ1v) is 7.69. The van der Waals surface area contributed by atoms with Gasteiger partial charge >= 0.3 is 5.97 Å². The number of nitrogens with one attached hydrogen (secondary N) is 1. The Morgan fingerprint density at radius 3 is 2.57 bits per heavy atom. The molecule has 1 aromatic rings. The summed E-state index contributed by atoms with van der Waals surface area (Å²) in [4.78, 5) is 22.8. The summed E-state index contributed by atoms with van der Waals surface area (Å²) < 4.78 is 0.693. The van der Waals surface area contributed by atoms with Crippen LogP contribution in [0.1, 0.15) is 43.5 Å². The molecule has 1 aromatic carbocycles. The second-order valence-corrected chi connectivity index (χ2v) is 6.14. The summed E-state index contributed by atoms with van der Waals surface area (Å²) in [7, 11) is 0. The highest BCUT2D eigenvalue weighted by Crippen LogP contribution is 2.20. The van der Waals surface area contributed by atoms with Gasteiger partial charge in [0.2, 0.25) is 0 Å². The first-order valence-electron chi connectivity index (χ1n) is 6.90. The van der Waals surface area contributed by atoms with Gasteiger partial charge in [-0.15, -0.1) is 0 Å². The monoisotopic (exact) mass is 356 g/mol. The van der Waals surface area contributed by atoms with Crippen molar-refractivity contribution in [3.8, 4) is 0 Å². The van der Waals surface area contributed by atoms with E-state index < -0.39 is 5.97 Å². The fraction of sp³-hybridized carbons (Fsp3) is 0.467. The molecule has 1 rings (SSSR count). The molecule has 0 aliphatic heterocycles. The summed E-state index contributed by atoms with van der Waals surface area (Å²) in [6.45, 7) is 3.60. The highest BCUT2D eigenvalue weighted by Gasteiger charge is 2.13. The number of anilines is 1. The number of nitrogens with two attached hydrogens (primary N) is 1. The summed E-state index contributed by atoms with van der Waals surface area (Å²) in [5.41, 5.74) is 6.81. The van der Waals surface area contributed by atoms with E-state index in [2.05, 4.69) is 21.2 Å². The average molecular weight is 357 g/mol. The molecule has 21 heavy (non-hydrogen) atoms. The van der Waals surface area contributed by atoms with E-state index in [4.69, 9.17) is 10.8 Å². The first-order chi connectivity index (χ1) is 9.81. The number of rotatable bonds is 7. The Kier molecular flexibility index (Phi) is 6.68. The quantitative estimate of drug-likeness (QED) is 0.654. The van der Waals surface area contributed by atoms with Gasteiger partial charge in [0, 0.05) is 21.8 Å². The van der Waals surface area contributed by atoms with Crippen LogP contribution in [-0.2, 0) is 4.79 Å². The van der Waals surface area contributed by atoms with Crippen LogP contribution in [0.15, 0.2) is 22.7 Å². The molecule has 2 atom stereocenters. The third kappa shape index (κ3) is 5.75. The van der Waals surface area contributed by atoms with Crippen LogP contribution >= 0.6 is 15.9 Å². The normalized spacial score (nSPS) is 13.5. The second kappa shape index (κ2) is 8.02. The maximum absolute atomic E-state index is 12.1. The van der Waals surface area contributed by atoms with E-state index in [1.54, 1.807) is 25.1 Å². The molecule has 0 fully saturated rings. The first kappa shape index (κ1) is 17.5. The Morgan fingerprint density at radius 2 is 2.00 bits per heavy atom. The van der Waals surface area contributed by atoms with Crippen LogP contribution in [-0.4, -0.2) is 23.0 Å². The number of aliphatic carboxylic acids is 1. The predicted octanol–water partition coefficient (Wildman–Crippen LogP) is 3.04. The van der Waals surface area contributed by atoms with Gasteiger partial charge in [-0.1, -0.05) is 13.3 Å². The molecule has 0 saturated heterocycles. The van der Waals surface area contributed by atoms with Crippen molar-refractivity contribution in [2.45, 2.75) is 39.2 Å². The van der Waals surface area contributed by atoms with E-state index in [9.17, 15) is 9.59 Å². The fourth-order valence-corrected chi connectivity index (χ4v) is 2.28. The minimum Gasteiger partial charge on any atom is -0.481 e. The van der Waals surface area contributed by atoms with Crippen molar-refractivity contribution >= 4 is 33.5 Å². The third-order valence-electron chi connectivity index (χ3n) is 3.34. The molecule has 0 aromatic heterocycles. The number of carboxylic acid groups (broad SMARTS) is 1. The molecule has 0 heterocycles. The van der Waals surface area contributed by atoms with Crippen LogP contribution in [0, 0.1) is 5.92 Å². The molecule has 0 aliphatic carbocycles. The Morgan fingerprint density at radius 1 is 1.33 bits per heavy atom. The molecule has 0 radical (unpaired) electrons. The molecule has 0 bridgehead atoms. The van der Waals surface area contributed by atoms with Crippen molar-refractivity contribution in [2.24, 2.45) is 5.92 Å². The molecule has 0 saturated carbocycles. The lowest BCUT2D eigenvalue weighted by molar-refractivity contribution is -0.141. The van der Waals surface area contributed by atoms with E-state index in [-0.39, 0.29) is 17.9 Å². The second-order valence-electron chi connectivity index (χ2n) is 5.28. The summed E-state index contributed by atoms with van der Waals surface area (Å²) >= 11 is 3.29. The summed E-state index contributed by atoms with van der Waals surface area (Å²) in [6.07, 6.45) is 2.13. The van der Waals surface area contributed by atoms with Gasteiger partial charge in [0.05, 0.1) is 5.92 Å². The van der Waals surface area contributed by atoms with E-state index in [1.165, 1.54) is 0 Å². The minimum absolute atomic E-state index is 0.00479. The Balaban J connectivity index is 2.43. The number of carbonyl (C=O) groups excluding carboxylic acids is 1. The predicted molar refractivity (Wildman–Crippen MR) is 86.1 cm³/mol. The molecule has 1 amide bonds. The molecular formula is C15H21BrN2O3. The van der Waals surface area contributed by atoms with Crippen LogP contribution in [0.5, 0.6) is 0 Å². The standard InChI is InChI=1S/C15H21BrN2O3/c1-9(15(20)21)4-3-5-10(2)18-14(19)11-6-7-13(17)12(16)8-11/h6-10H,3-5,17H2,1-2H3,(H,18,19)(H,20,21). The smallest absolute Gasteiger partial charge is 0.306 e. The van der Waals surface area contributed by atoms with Crippen molar-refractivity contribution in [3.63, 3.8) is 0 Å². The topological polar surface area (TPSA) is 92.4 Å². The number of hydrogen-bond donors (Lipinski definition) is 3. The third-order valence-corrected chi connectivity index (χ3v) is 4.02. The van der Waals surface area contributed by atoms with Crippen LogP contribution < -0.4 is 11.1 Å². The van der Waals surface area contributed by atoms with Gasteiger partial charge in [-0.25, -0.2) is 0 Å². The molecule has 5 nitrogen and oxygen atoms in total. The lowest BCUT2D eigenvalue weighted by atomic mass is 10.0. The number of carbonyl (C=O) groups is 2. The highest BCUT2D eigenvalue weighted by molar-refractivity contribution is 9.10. The fourth-order valence-electron chi connectivity index (χ4n) is 1.90. The maximum atomic E-state index is 12.1. The SMILES string of the molecule is CC(CCCC(C)C(=O)O)NC(=O)c1ccc(N)c(Br)c1. The molecule has 0 aliphatic rings. The Labute approximate surface area is 133 Å². The number of halogens is 1. The number of carboxylic acids is 1. The Bertz CT molecular complexity index is 520. The molecule has 0 spiro atoms. The van der Waals surface area contributed by atoms with Gasteiger partial charge in [-0.3, -0.25) is 9.59 Å². The van der Waals surface area contributed by atoms with Crippen LogP contribution in [0.2, 0.25) is 0 Å². The minimum atomic E-state index is -0.779. The lowest BCUT2D eigenvalue weighted by Gasteiger charge is -2.15. The molecule has 6 heteroatoms. The van der Waals surface area contributed by atoms with E-state index >= 15 is 0 Å². The number of benzene rings is 1. The van der Waals surface area contributed by atoms with Gasteiger partial charge in [0.1, 0.15) is 0 Å². The van der Waals surface area contributed by atoms with E-state index in [0.717, 1.165) is 12.8 Å². The van der Waals surface area contributed by atoms with Crippen molar-refractivity contribution < 1.29 is 14.7 Å². The number of amides is 1. The van der Waals surface area contributed by atoms with Gasteiger partial charge in [0.25, 0.3) is 5.91 Å². The average Bonchev–Trinajstić information content (AvgIpc) is 2.41. The van der Waals surface area contributed by atoms with Crippen LogP contribution in [0.4, 0.5) is 5.69 Å². The van der Waals surface area contributed by atoms with E-state index in [1.807, 2.05) is 6.92 Å². The Hall–Kier alpha value is -1.56. The van der Waals surface area contributed by atoms with E-state index in [0.29, 0.717) is 22.1 Å². The summed E-state index contributed by atoms with van der Waals surface area (Å²) in [5.74, 6) is -1.28. The largest absolute Gasteiger partial charge is 0.481 e. The maximum Gasteiger partial charge on any atom is 0.306 e.